The van der Waals surface area contributed by atoms with Crippen molar-refractivity contribution in [2.24, 2.45) is 0 Å². The van der Waals surface area contributed by atoms with Gasteiger partial charge in [0.05, 0.1) is 0 Å². The average molecular weight is 100 g/mol. The second-order valence-electron chi connectivity index (χ2n) is 1.35. The van der Waals surface area contributed by atoms with Crippen LogP contribution in [0.1, 0.15) is 5.56 Å². The van der Waals surface area contributed by atoms with Crippen LogP contribution < -0.4 is 0 Å². The van der Waals surface area contributed by atoms with Crippen LogP contribution in [0.5, 0.6) is 0 Å². The Kier molecular flexibility index (Phi) is 1.34. The van der Waals surface area contributed by atoms with Crippen molar-refractivity contribution in [1.29, 1.82) is 0 Å². The van der Waals surface area contributed by atoms with Crippen molar-refractivity contribution in [3.8, 4) is 12.3 Å². The predicted molar refractivity (Wildman–Crippen MR) is 32.0 cm³/mol. The average Bonchev–Trinajstić information content (AvgIpc) is 1.90. The first-order valence-corrected chi connectivity index (χ1v) is 2.28. The summed E-state index contributed by atoms with van der Waals surface area (Å²) in [5.41, 5.74) is 0.757. The van der Waals surface area contributed by atoms with Crippen molar-refractivity contribution < 1.29 is 0 Å². The lowest BCUT2D eigenvalue weighted by Gasteiger charge is -1.80. The van der Waals surface area contributed by atoms with Gasteiger partial charge in [0.25, 0.3) is 0 Å². The highest BCUT2D eigenvalue weighted by molar-refractivity contribution is 5.29. The third-order valence-corrected chi connectivity index (χ3v) is 0.802. The van der Waals surface area contributed by atoms with Crippen molar-refractivity contribution in [3.63, 3.8) is 0 Å². The molecule has 0 saturated heterocycles. The lowest BCUT2D eigenvalue weighted by molar-refractivity contribution is 1.62. The monoisotopic (exact) mass is 100 g/mol. The van der Waals surface area contributed by atoms with Gasteiger partial charge in [0.2, 0.25) is 0 Å². The molecule has 1 aromatic rings. The Balaban J connectivity index is 3.05. The van der Waals surface area contributed by atoms with Crippen LogP contribution >= 0.6 is 0 Å². The molecule has 0 heteroatoms. The van der Waals surface area contributed by atoms with Crippen LogP contribution in [0, 0.1) is 24.5 Å². The molecule has 2 radical (unpaired) electrons. The summed E-state index contributed by atoms with van der Waals surface area (Å²) in [4.78, 5) is 0. The first kappa shape index (κ1) is 4.93. The Labute approximate surface area is 49.2 Å². The molecule has 36 valence electrons. The van der Waals surface area contributed by atoms with E-state index in [0.717, 1.165) is 5.56 Å². The minimum Gasteiger partial charge on any atom is -0.115 e. The van der Waals surface area contributed by atoms with E-state index in [9.17, 15) is 0 Å². The molecule has 1 aromatic carbocycles. The van der Waals surface area contributed by atoms with Crippen LogP contribution in [0.4, 0.5) is 0 Å². The van der Waals surface area contributed by atoms with Gasteiger partial charge in [0.15, 0.2) is 0 Å². The number of benzene rings is 1. The molecule has 8 heavy (non-hydrogen) atoms. The maximum absolute atomic E-state index is 5.05. The molecule has 0 aliphatic heterocycles. The highest BCUT2D eigenvalue weighted by Crippen LogP contribution is 1.91. The number of rotatable bonds is 0. The van der Waals surface area contributed by atoms with E-state index in [2.05, 4.69) is 18.1 Å². The van der Waals surface area contributed by atoms with Crippen LogP contribution in [0.3, 0.4) is 0 Å². The Bertz CT molecular complexity index is 191. The molecule has 0 nitrogen and oxygen atoms in total. The van der Waals surface area contributed by atoms with Gasteiger partial charge >= 0.3 is 0 Å². The Morgan fingerprint density at radius 3 is 2.75 bits per heavy atom. The molecule has 0 amide bonds. The van der Waals surface area contributed by atoms with Crippen molar-refractivity contribution in [2.45, 2.75) is 0 Å². The summed E-state index contributed by atoms with van der Waals surface area (Å²) in [5, 5.41) is 0. The molecule has 0 heterocycles. The fourth-order valence-electron chi connectivity index (χ4n) is 0.436. The van der Waals surface area contributed by atoms with Gasteiger partial charge in [0, 0.05) is 5.56 Å². The second kappa shape index (κ2) is 2.18. The molecule has 0 unspecified atom stereocenters. The van der Waals surface area contributed by atoms with Gasteiger partial charge in [0.1, 0.15) is 0 Å². The minimum atomic E-state index is 0.757. The number of terminal acetylenes is 1. The Hall–Kier alpha value is -1.22. The fourth-order valence-corrected chi connectivity index (χ4v) is 0.436. The summed E-state index contributed by atoms with van der Waals surface area (Å²) < 4.78 is 0. The second-order valence-corrected chi connectivity index (χ2v) is 1.35. The molecule has 0 spiro atoms. The largest absolute Gasteiger partial charge is 0.115 e. The van der Waals surface area contributed by atoms with Crippen molar-refractivity contribution in [3.05, 3.63) is 35.9 Å². The van der Waals surface area contributed by atoms with Crippen LogP contribution in [0.2, 0.25) is 0 Å². The van der Waals surface area contributed by atoms with E-state index in [-0.39, 0.29) is 0 Å². The van der Waals surface area contributed by atoms with E-state index in [1.54, 1.807) is 18.2 Å². The van der Waals surface area contributed by atoms with E-state index < -0.39 is 0 Å². The smallest absolute Gasteiger partial charge is 0.0327 e. The van der Waals surface area contributed by atoms with E-state index in [4.69, 9.17) is 6.42 Å². The SMILES string of the molecule is C#Cc1[c]cc[c]c1. The van der Waals surface area contributed by atoms with E-state index in [1.165, 1.54) is 0 Å². The molecule has 0 N–H and O–H groups in total. The van der Waals surface area contributed by atoms with Gasteiger partial charge < -0.3 is 0 Å². The fraction of sp³-hybridized carbons (Fsp3) is 0. The van der Waals surface area contributed by atoms with Crippen molar-refractivity contribution in [2.75, 3.05) is 0 Å². The Morgan fingerprint density at radius 1 is 1.50 bits per heavy atom. The van der Waals surface area contributed by atoms with Crippen LogP contribution in [0.15, 0.2) is 18.2 Å². The molecule has 0 aliphatic rings. The van der Waals surface area contributed by atoms with Gasteiger partial charge in [-0.05, 0) is 18.2 Å². The Morgan fingerprint density at radius 2 is 2.38 bits per heavy atom. The molecular formula is C8H4. The lowest BCUT2D eigenvalue weighted by atomic mass is 10.2. The molecule has 0 bridgehead atoms. The molecular weight excluding hydrogens is 96.1 g/mol. The van der Waals surface area contributed by atoms with Gasteiger partial charge in [-0.1, -0.05) is 18.1 Å². The zero-order valence-corrected chi connectivity index (χ0v) is 4.31. The third kappa shape index (κ3) is 0.886. The minimum absolute atomic E-state index is 0.757. The van der Waals surface area contributed by atoms with Crippen molar-refractivity contribution in [1.82, 2.24) is 0 Å². The quantitative estimate of drug-likeness (QED) is 0.431. The standard InChI is InChI=1S/C8H4/c1-2-8-6-4-3-5-7-8/h1,3-4,7H. The summed E-state index contributed by atoms with van der Waals surface area (Å²) in [5.74, 6) is 2.44. The van der Waals surface area contributed by atoms with Crippen LogP contribution in [-0.2, 0) is 0 Å². The van der Waals surface area contributed by atoms with Gasteiger partial charge in [-0.15, -0.1) is 6.42 Å². The zero-order chi connectivity index (χ0) is 5.82. The molecule has 0 atom stereocenters. The third-order valence-electron chi connectivity index (χ3n) is 0.802. The topological polar surface area (TPSA) is 0 Å². The number of hydrogen-bond acceptors (Lipinski definition) is 0. The molecule has 0 aromatic heterocycles. The van der Waals surface area contributed by atoms with E-state index in [0.29, 0.717) is 0 Å². The van der Waals surface area contributed by atoms with E-state index in [1.807, 2.05) is 0 Å². The van der Waals surface area contributed by atoms with Crippen LogP contribution in [0.25, 0.3) is 0 Å². The summed E-state index contributed by atoms with van der Waals surface area (Å²) in [6.07, 6.45) is 5.05. The lowest BCUT2D eigenvalue weighted by Crippen LogP contribution is -1.68. The predicted octanol–water partition coefficient (Wildman–Crippen LogP) is 1.27. The summed E-state index contributed by atoms with van der Waals surface area (Å²) >= 11 is 0. The van der Waals surface area contributed by atoms with Gasteiger partial charge in [-0.25, -0.2) is 0 Å². The summed E-state index contributed by atoms with van der Waals surface area (Å²) in [6.45, 7) is 0. The van der Waals surface area contributed by atoms with Gasteiger partial charge in [-0.2, -0.15) is 0 Å². The summed E-state index contributed by atoms with van der Waals surface area (Å²) in [7, 11) is 0. The van der Waals surface area contributed by atoms with Crippen LogP contribution in [-0.4, -0.2) is 0 Å². The highest BCUT2D eigenvalue weighted by atomic mass is 13.8. The van der Waals surface area contributed by atoms with Gasteiger partial charge in [-0.3, -0.25) is 0 Å². The highest BCUT2D eigenvalue weighted by Gasteiger charge is 1.78. The normalized spacial score (nSPS) is 7.88. The maximum atomic E-state index is 5.05. The van der Waals surface area contributed by atoms with Crippen molar-refractivity contribution >= 4 is 0 Å². The number of hydrogen-bond donors (Lipinski definition) is 0. The zero-order valence-electron chi connectivity index (χ0n) is 4.31. The molecule has 0 aliphatic carbocycles. The first-order valence-electron chi connectivity index (χ1n) is 2.28. The maximum Gasteiger partial charge on any atom is 0.0327 e. The molecule has 1 rings (SSSR count). The molecule has 0 fully saturated rings. The molecule has 0 saturated carbocycles. The first-order chi connectivity index (χ1) is 3.93. The summed E-state index contributed by atoms with van der Waals surface area (Å²) in [6, 6.07) is 10.9. The van der Waals surface area contributed by atoms with E-state index >= 15 is 0 Å².